The summed E-state index contributed by atoms with van der Waals surface area (Å²) in [5, 5.41) is 10.6. The number of methoxy groups -OCH3 is 1. The van der Waals surface area contributed by atoms with E-state index in [-0.39, 0.29) is 11.8 Å². The first-order chi connectivity index (χ1) is 6.81. The molecule has 1 aliphatic heterocycles. The molecule has 0 amide bonds. The molecule has 2 rings (SSSR count). The molecule has 0 bridgehead atoms. The van der Waals surface area contributed by atoms with E-state index < -0.39 is 5.97 Å². The molecular formula is C8H11N3O3. The van der Waals surface area contributed by atoms with Gasteiger partial charge in [-0.2, -0.15) is 0 Å². The highest BCUT2D eigenvalue weighted by Crippen LogP contribution is 2.20. The van der Waals surface area contributed by atoms with Gasteiger partial charge in [0, 0.05) is 6.54 Å². The van der Waals surface area contributed by atoms with Crippen LogP contribution in [0, 0.1) is 0 Å². The minimum atomic E-state index is -0.588. The number of hydrogen-bond donors (Lipinski definition) is 1. The van der Waals surface area contributed by atoms with Crippen molar-refractivity contribution in [1.82, 2.24) is 15.5 Å². The van der Waals surface area contributed by atoms with Gasteiger partial charge in [-0.05, 0) is 13.0 Å². The zero-order valence-electron chi connectivity index (χ0n) is 7.82. The maximum Gasteiger partial charge on any atom is 0.396 e. The summed E-state index contributed by atoms with van der Waals surface area (Å²) in [4.78, 5) is 11.0. The van der Waals surface area contributed by atoms with E-state index in [0.29, 0.717) is 5.89 Å². The number of rotatable bonds is 2. The summed E-state index contributed by atoms with van der Waals surface area (Å²) in [6.07, 6.45) is 0.961. The van der Waals surface area contributed by atoms with E-state index in [1.54, 1.807) is 0 Å². The molecule has 1 aromatic heterocycles. The maximum atomic E-state index is 11.0. The fraction of sp³-hybridized carbons (Fsp3) is 0.625. The predicted octanol–water partition coefficient (Wildman–Crippen LogP) is -0.0669. The number of ether oxygens (including phenoxy) is 1. The number of carbonyl (C=O) groups is 1. The van der Waals surface area contributed by atoms with Gasteiger partial charge in [0.25, 0.3) is 0 Å². The molecule has 1 aromatic rings. The molecule has 0 aliphatic carbocycles. The average Bonchev–Trinajstić information content (AvgIpc) is 2.86. The lowest BCUT2D eigenvalue weighted by Gasteiger charge is -1.99. The van der Waals surface area contributed by atoms with Gasteiger partial charge < -0.3 is 14.5 Å². The van der Waals surface area contributed by atoms with Crippen molar-refractivity contribution >= 4 is 5.97 Å². The van der Waals surface area contributed by atoms with Crippen LogP contribution in [0.3, 0.4) is 0 Å². The molecule has 6 nitrogen and oxygen atoms in total. The second kappa shape index (κ2) is 3.75. The van der Waals surface area contributed by atoms with Gasteiger partial charge >= 0.3 is 11.9 Å². The highest BCUT2D eigenvalue weighted by molar-refractivity contribution is 5.83. The summed E-state index contributed by atoms with van der Waals surface area (Å²) in [7, 11) is 1.28. The second-order valence-electron chi connectivity index (χ2n) is 3.13. The fourth-order valence-electron chi connectivity index (χ4n) is 1.43. The van der Waals surface area contributed by atoms with Crippen molar-refractivity contribution in [2.75, 3.05) is 20.2 Å². The van der Waals surface area contributed by atoms with Crippen LogP contribution in [0.1, 0.15) is 28.9 Å². The van der Waals surface area contributed by atoms with E-state index in [1.807, 2.05) is 0 Å². The first kappa shape index (κ1) is 9.14. The van der Waals surface area contributed by atoms with Crippen molar-refractivity contribution in [3.05, 3.63) is 11.8 Å². The van der Waals surface area contributed by atoms with Crippen LogP contribution in [-0.2, 0) is 4.74 Å². The van der Waals surface area contributed by atoms with Crippen molar-refractivity contribution < 1.29 is 13.9 Å². The van der Waals surface area contributed by atoms with Gasteiger partial charge in [-0.3, -0.25) is 0 Å². The summed E-state index contributed by atoms with van der Waals surface area (Å²) < 4.78 is 9.64. The van der Waals surface area contributed by atoms with Crippen molar-refractivity contribution in [3.63, 3.8) is 0 Å². The first-order valence-corrected chi connectivity index (χ1v) is 4.43. The molecule has 14 heavy (non-hydrogen) atoms. The third-order valence-corrected chi connectivity index (χ3v) is 2.21. The van der Waals surface area contributed by atoms with Gasteiger partial charge in [0.1, 0.15) is 0 Å². The predicted molar refractivity (Wildman–Crippen MR) is 45.9 cm³/mol. The number of nitrogens with zero attached hydrogens (tertiary/aromatic N) is 2. The third kappa shape index (κ3) is 1.60. The second-order valence-corrected chi connectivity index (χ2v) is 3.13. The van der Waals surface area contributed by atoms with Crippen LogP contribution < -0.4 is 5.32 Å². The Morgan fingerprint density at radius 3 is 3.14 bits per heavy atom. The summed E-state index contributed by atoms with van der Waals surface area (Å²) in [6, 6.07) is 0. The molecule has 0 radical (unpaired) electrons. The number of aromatic nitrogens is 2. The van der Waals surface area contributed by atoms with Gasteiger partial charge in [-0.25, -0.2) is 4.79 Å². The summed E-state index contributed by atoms with van der Waals surface area (Å²) >= 11 is 0. The highest BCUT2D eigenvalue weighted by atomic mass is 16.5. The Kier molecular flexibility index (Phi) is 2.45. The van der Waals surface area contributed by atoms with Crippen molar-refractivity contribution in [3.8, 4) is 0 Å². The lowest BCUT2D eigenvalue weighted by molar-refractivity contribution is 0.0553. The maximum absolute atomic E-state index is 11.0. The zero-order chi connectivity index (χ0) is 9.97. The standard InChI is InChI=1S/C8H11N3O3/c1-13-8(12)7-11-10-6(14-7)5-2-3-9-4-5/h5,9H,2-4H2,1H3. The molecule has 1 fully saturated rings. The van der Waals surface area contributed by atoms with Gasteiger partial charge in [0.2, 0.25) is 5.89 Å². The lowest BCUT2D eigenvalue weighted by atomic mass is 10.1. The zero-order valence-corrected chi connectivity index (χ0v) is 7.82. The largest absolute Gasteiger partial charge is 0.462 e. The number of nitrogens with one attached hydrogen (secondary N) is 1. The van der Waals surface area contributed by atoms with Gasteiger partial charge in [0.05, 0.1) is 13.0 Å². The van der Waals surface area contributed by atoms with E-state index in [0.717, 1.165) is 19.5 Å². The van der Waals surface area contributed by atoms with Gasteiger partial charge in [0.15, 0.2) is 0 Å². The molecule has 76 valence electrons. The number of hydrogen-bond acceptors (Lipinski definition) is 6. The Labute approximate surface area is 80.6 Å². The molecular weight excluding hydrogens is 186 g/mol. The quantitative estimate of drug-likeness (QED) is 0.669. The van der Waals surface area contributed by atoms with E-state index in [1.165, 1.54) is 7.11 Å². The smallest absolute Gasteiger partial charge is 0.396 e. The van der Waals surface area contributed by atoms with Crippen LogP contribution in [0.5, 0.6) is 0 Å². The molecule has 2 heterocycles. The molecule has 0 spiro atoms. The Balaban J connectivity index is 2.12. The van der Waals surface area contributed by atoms with Crippen LogP contribution in [0.15, 0.2) is 4.42 Å². The molecule has 1 aliphatic rings. The van der Waals surface area contributed by atoms with E-state index >= 15 is 0 Å². The van der Waals surface area contributed by atoms with E-state index in [9.17, 15) is 4.79 Å². The van der Waals surface area contributed by atoms with Crippen LogP contribution >= 0.6 is 0 Å². The lowest BCUT2D eigenvalue weighted by Crippen LogP contribution is -2.08. The topological polar surface area (TPSA) is 77.2 Å². The van der Waals surface area contributed by atoms with Crippen molar-refractivity contribution in [2.45, 2.75) is 12.3 Å². The Hall–Kier alpha value is -1.43. The average molecular weight is 197 g/mol. The number of esters is 1. The van der Waals surface area contributed by atoms with Crippen LogP contribution in [0.4, 0.5) is 0 Å². The molecule has 1 unspecified atom stereocenters. The van der Waals surface area contributed by atoms with Gasteiger partial charge in [-0.1, -0.05) is 0 Å². The molecule has 0 aromatic carbocycles. The normalized spacial score (nSPS) is 21.1. The molecule has 1 saturated heterocycles. The summed E-state index contributed by atoms with van der Waals surface area (Å²) in [5.41, 5.74) is 0. The van der Waals surface area contributed by atoms with Crippen molar-refractivity contribution in [1.29, 1.82) is 0 Å². The SMILES string of the molecule is COC(=O)c1nnc(C2CCNC2)o1. The molecule has 0 saturated carbocycles. The van der Waals surface area contributed by atoms with Gasteiger partial charge in [-0.15, -0.1) is 10.2 Å². The van der Waals surface area contributed by atoms with Crippen LogP contribution in [0.2, 0.25) is 0 Å². The highest BCUT2D eigenvalue weighted by Gasteiger charge is 2.24. The Morgan fingerprint density at radius 1 is 1.64 bits per heavy atom. The summed E-state index contributed by atoms with van der Waals surface area (Å²) in [6.45, 7) is 1.77. The van der Waals surface area contributed by atoms with E-state index in [4.69, 9.17) is 4.42 Å². The van der Waals surface area contributed by atoms with Crippen molar-refractivity contribution in [2.24, 2.45) is 0 Å². The minimum Gasteiger partial charge on any atom is -0.462 e. The molecule has 6 heteroatoms. The Bertz CT molecular complexity index is 330. The van der Waals surface area contributed by atoms with E-state index in [2.05, 4.69) is 20.3 Å². The fourth-order valence-corrected chi connectivity index (χ4v) is 1.43. The number of carbonyl (C=O) groups excluding carboxylic acids is 1. The monoisotopic (exact) mass is 197 g/mol. The first-order valence-electron chi connectivity index (χ1n) is 4.43. The minimum absolute atomic E-state index is 0.0746. The third-order valence-electron chi connectivity index (χ3n) is 2.21. The summed E-state index contributed by atoms with van der Waals surface area (Å²) in [5.74, 6) is 0.0698. The molecule has 1 N–H and O–H groups in total. The Morgan fingerprint density at radius 2 is 2.50 bits per heavy atom. The van der Waals surface area contributed by atoms with Crippen LogP contribution in [0.25, 0.3) is 0 Å². The molecule has 1 atom stereocenters. The van der Waals surface area contributed by atoms with Crippen LogP contribution in [-0.4, -0.2) is 36.4 Å².